The van der Waals surface area contributed by atoms with Crippen molar-refractivity contribution >= 4 is 23.0 Å². The minimum atomic E-state index is -1.49. The molecule has 0 amide bonds. The summed E-state index contributed by atoms with van der Waals surface area (Å²) in [5.74, 6) is -0.933. The number of hydrogen-bond acceptors (Lipinski definition) is 7. The molecular formula is C14H16KN5O3. The van der Waals surface area contributed by atoms with Crippen LogP contribution < -0.4 is 72.1 Å². The summed E-state index contributed by atoms with van der Waals surface area (Å²) in [5.41, 5.74) is -0.527. The molecule has 1 aliphatic heterocycles. The predicted octanol–water partition coefficient (Wildman–Crippen LogP) is -4.41. The van der Waals surface area contributed by atoms with Crippen LogP contribution in [0.5, 0.6) is 0 Å². The summed E-state index contributed by atoms with van der Waals surface area (Å²) >= 11 is 0. The molecule has 9 heteroatoms. The molecule has 8 nitrogen and oxygen atoms in total. The summed E-state index contributed by atoms with van der Waals surface area (Å²) in [6, 6.07) is 0. The second-order valence-corrected chi connectivity index (χ2v) is 5.09. The number of aromatic nitrogens is 3. The largest absolute Gasteiger partial charge is 1.00 e. The molecule has 3 rings (SSSR count). The summed E-state index contributed by atoms with van der Waals surface area (Å²) in [4.78, 5) is 34.0. The predicted molar refractivity (Wildman–Crippen MR) is 78.9 cm³/mol. The Morgan fingerprint density at radius 2 is 2.09 bits per heavy atom. The molecule has 1 aliphatic rings. The number of nitrogens with one attached hydrogen (secondary N) is 1. The number of anilines is 1. The maximum absolute atomic E-state index is 12.2. The van der Waals surface area contributed by atoms with E-state index in [1.54, 1.807) is 4.57 Å². The second-order valence-electron chi connectivity index (χ2n) is 5.09. The van der Waals surface area contributed by atoms with Crippen LogP contribution in [-0.4, -0.2) is 46.7 Å². The summed E-state index contributed by atoms with van der Waals surface area (Å²) in [6.07, 6.45) is 2.69. The molecule has 0 aromatic carbocycles. The number of carboxylic acids is 1. The molecule has 0 bridgehead atoms. The van der Waals surface area contributed by atoms with Gasteiger partial charge in [-0.2, -0.15) is 4.98 Å². The van der Waals surface area contributed by atoms with Gasteiger partial charge >= 0.3 is 51.4 Å². The Hall–Kier alpha value is -0.844. The Balaban J connectivity index is 0.00000192. The quantitative estimate of drug-likeness (QED) is 0.562. The van der Waals surface area contributed by atoms with Gasteiger partial charge in [0.15, 0.2) is 0 Å². The minimum absolute atomic E-state index is 0. The number of nitrogens with zero attached hydrogens (tertiary/aromatic N) is 4. The van der Waals surface area contributed by atoms with Crippen molar-refractivity contribution in [2.24, 2.45) is 0 Å². The van der Waals surface area contributed by atoms with Crippen LogP contribution in [0.3, 0.4) is 0 Å². The summed E-state index contributed by atoms with van der Waals surface area (Å²) in [6.45, 7) is 5.64. The van der Waals surface area contributed by atoms with Crippen LogP contribution in [0.25, 0.3) is 11.0 Å². The number of fused-ring (bicyclic) bond motifs is 1. The molecule has 2 aromatic rings. The minimum Gasteiger partial charge on any atom is -0.545 e. The molecule has 0 atom stereocenters. The van der Waals surface area contributed by atoms with Gasteiger partial charge in [0.25, 0.3) is 0 Å². The van der Waals surface area contributed by atoms with Gasteiger partial charge in [0.2, 0.25) is 11.4 Å². The third kappa shape index (κ3) is 3.64. The van der Waals surface area contributed by atoms with Crippen LogP contribution >= 0.6 is 0 Å². The normalized spacial score (nSPS) is 14.6. The number of carboxylic acid groups (broad SMARTS) is 1. The van der Waals surface area contributed by atoms with Crippen LogP contribution in [-0.2, 0) is 6.54 Å². The Labute approximate surface area is 175 Å². The van der Waals surface area contributed by atoms with E-state index in [2.05, 4.69) is 15.3 Å². The molecule has 0 saturated carbocycles. The number of aromatic carboxylic acids is 1. The number of aryl methyl sites for hydroxylation is 1. The molecule has 23 heavy (non-hydrogen) atoms. The zero-order valence-electron chi connectivity index (χ0n) is 13.2. The zero-order chi connectivity index (χ0) is 15.7. The van der Waals surface area contributed by atoms with Crippen molar-refractivity contribution in [3.05, 3.63) is 28.2 Å². The first-order valence-corrected chi connectivity index (χ1v) is 7.19. The second kappa shape index (κ2) is 7.82. The Kier molecular flexibility index (Phi) is 6.29. The fraction of sp³-hybridized carbons (Fsp3) is 0.429. The van der Waals surface area contributed by atoms with Crippen LogP contribution in [0.2, 0.25) is 0 Å². The molecule has 2 aromatic heterocycles. The number of rotatable bonds is 3. The maximum atomic E-state index is 12.2. The molecular weight excluding hydrogens is 325 g/mol. The maximum Gasteiger partial charge on any atom is 1.00 e. The van der Waals surface area contributed by atoms with Crippen molar-refractivity contribution < 1.29 is 61.3 Å². The van der Waals surface area contributed by atoms with Crippen molar-refractivity contribution in [1.82, 2.24) is 19.9 Å². The zero-order valence-corrected chi connectivity index (χ0v) is 16.3. The Morgan fingerprint density at radius 3 is 2.70 bits per heavy atom. The summed E-state index contributed by atoms with van der Waals surface area (Å²) < 4.78 is 1.63. The van der Waals surface area contributed by atoms with Gasteiger partial charge in [-0.15, -0.1) is 0 Å². The third-order valence-corrected chi connectivity index (χ3v) is 3.76. The van der Waals surface area contributed by atoms with E-state index in [0.717, 1.165) is 26.2 Å². The van der Waals surface area contributed by atoms with Crippen molar-refractivity contribution in [3.8, 4) is 0 Å². The van der Waals surface area contributed by atoms with E-state index >= 15 is 0 Å². The van der Waals surface area contributed by atoms with Crippen molar-refractivity contribution in [2.75, 3.05) is 31.1 Å². The van der Waals surface area contributed by atoms with Gasteiger partial charge in [0.1, 0.15) is 5.65 Å². The molecule has 1 fully saturated rings. The van der Waals surface area contributed by atoms with E-state index < -0.39 is 11.4 Å². The summed E-state index contributed by atoms with van der Waals surface area (Å²) in [7, 11) is 0. The topological polar surface area (TPSA) is 103 Å². The molecule has 116 valence electrons. The third-order valence-electron chi connectivity index (χ3n) is 3.76. The molecule has 3 heterocycles. The molecule has 0 aliphatic carbocycles. The molecule has 1 N–H and O–H groups in total. The Bertz CT molecular complexity index is 786. The van der Waals surface area contributed by atoms with Crippen LogP contribution in [0, 0.1) is 0 Å². The average molecular weight is 341 g/mol. The van der Waals surface area contributed by atoms with Gasteiger partial charge < -0.3 is 24.7 Å². The van der Waals surface area contributed by atoms with E-state index in [9.17, 15) is 14.7 Å². The molecule has 0 unspecified atom stereocenters. The van der Waals surface area contributed by atoms with Crippen LogP contribution in [0.4, 0.5) is 5.95 Å². The standard InChI is InChI=1S/C14H17N5O3.K/c1-2-18-8-10(13(21)22)11(20)9-7-16-14(17-12(9)18)19-5-3-15-4-6-19;/h7-8,15H,2-6H2,1H3,(H,21,22);/q;+1/p-1. The fourth-order valence-electron chi connectivity index (χ4n) is 2.57. The molecule has 1 saturated heterocycles. The number of hydrogen-bond donors (Lipinski definition) is 1. The number of carbonyl (C=O) groups is 1. The van der Waals surface area contributed by atoms with Gasteiger partial charge in [-0.05, 0) is 6.92 Å². The average Bonchev–Trinajstić information content (AvgIpc) is 2.55. The van der Waals surface area contributed by atoms with Crippen molar-refractivity contribution in [2.45, 2.75) is 13.5 Å². The van der Waals surface area contributed by atoms with Gasteiger partial charge in [0, 0.05) is 45.1 Å². The smallest absolute Gasteiger partial charge is 0.545 e. The monoisotopic (exact) mass is 341 g/mol. The summed E-state index contributed by atoms with van der Waals surface area (Å²) in [5, 5.41) is 14.5. The first-order chi connectivity index (χ1) is 10.6. The van der Waals surface area contributed by atoms with E-state index in [4.69, 9.17) is 0 Å². The van der Waals surface area contributed by atoms with Crippen molar-refractivity contribution in [3.63, 3.8) is 0 Å². The molecule has 0 radical (unpaired) electrons. The van der Waals surface area contributed by atoms with Crippen LogP contribution in [0.1, 0.15) is 17.3 Å². The fourth-order valence-corrected chi connectivity index (χ4v) is 2.57. The van der Waals surface area contributed by atoms with Crippen LogP contribution in [0.15, 0.2) is 17.2 Å². The van der Waals surface area contributed by atoms with Crippen molar-refractivity contribution in [1.29, 1.82) is 0 Å². The van der Waals surface area contributed by atoms with E-state index in [1.165, 1.54) is 12.4 Å². The number of carbonyl (C=O) groups excluding carboxylic acids is 1. The number of pyridine rings is 1. The first-order valence-electron chi connectivity index (χ1n) is 7.19. The number of piperazine rings is 1. The SMILES string of the molecule is CCn1cc(C(=O)[O-])c(=O)c2cnc(N3CCNCC3)nc21.[K+]. The van der Waals surface area contributed by atoms with Gasteiger partial charge in [-0.25, -0.2) is 4.98 Å². The Morgan fingerprint density at radius 1 is 1.39 bits per heavy atom. The first kappa shape index (κ1) is 18.5. The van der Waals surface area contributed by atoms with E-state index in [0.29, 0.717) is 18.1 Å². The van der Waals surface area contributed by atoms with E-state index in [1.807, 2.05) is 11.8 Å². The van der Waals surface area contributed by atoms with Gasteiger partial charge in [-0.1, -0.05) is 0 Å². The van der Waals surface area contributed by atoms with E-state index in [-0.39, 0.29) is 62.3 Å². The van der Waals surface area contributed by atoms with Gasteiger partial charge in [0.05, 0.1) is 16.9 Å². The molecule has 0 spiro atoms. The van der Waals surface area contributed by atoms with Gasteiger partial charge in [-0.3, -0.25) is 4.79 Å².